The molecular formula is C21H25F3N4O2. The van der Waals surface area contributed by atoms with E-state index in [0.29, 0.717) is 31.5 Å². The lowest BCUT2D eigenvalue weighted by Gasteiger charge is -2.38. The first kappa shape index (κ1) is 20.9. The van der Waals surface area contributed by atoms with Crippen molar-refractivity contribution in [2.45, 2.75) is 38.6 Å². The Morgan fingerprint density at radius 2 is 1.97 bits per heavy atom. The van der Waals surface area contributed by atoms with Crippen molar-refractivity contribution in [3.05, 3.63) is 34.9 Å². The van der Waals surface area contributed by atoms with E-state index in [0.717, 1.165) is 49.4 Å². The Bertz CT molecular complexity index is 912. The number of ether oxygens (including phenoxy) is 1. The highest BCUT2D eigenvalue weighted by Gasteiger charge is 2.33. The number of rotatable bonds is 2. The van der Waals surface area contributed by atoms with Crippen molar-refractivity contribution in [1.82, 2.24) is 15.1 Å². The highest BCUT2D eigenvalue weighted by molar-refractivity contribution is 5.72. The molecule has 3 heterocycles. The fourth-order valence-electron chi connectivity index (χ4n) is 4.36. The van der Waals surface area contributed by atoms with Crippen molar-refractivity contribution in [3.63, 3.8) is 0 Å². The summed E-state index contributed by atoms with van der Waals surface area (Å²) in [5.74, 6) is 0.289. The van der Waals surface area contributed by atoms with E-state index in [1.54, 1.807) is 6.07 Å². The van der Waals surface area contributed by atoms with E-state index in [1.165, 1.54) is 6.92 Å². The quantitative estimate of drug-likeness (QED) is 0.798. The first-order valence-corrected chi connectivity index (χ1v) is 10.0. The summed E-state index contributed by atoms with van der Waals surface area (Å²) < 4.78 is 44.9. The molecule has 0 saturated carbocycles. The van der Waals surface area contributed by atoms with Crippen molar-refractivity contribution in [2.75, 3.05) is 38.2 Å². The second-order valence-electron chi connectivity index (χ2n) is 8.07. The standard InChI is InChI=1S/C21H25F3N4O2/c1-13-8-15(21(22,23)24)10-18(29)19(13)17-9-14-12-30-7-6-28(20(14)26-25-17)16-4-3-5-27(2)11-16/h8-10,16,29H,3-7,11-12H2,1-2H3/t16-/m1/s1. The summed E-state index contributed by atoms with van der Waals surface area (Å²) in [5.41, 5.74) is 0.816. The summed E-state index contributed by atoms with van der Waals surface area (Å²) in [6.45, 7) is 5.16. The zero-order chi connectivity index (χ0) is 21.5. The Kier molecular flexibility index (Phi) is 5.59. The highest BCUT2D eigenvalue weighted by atomic mass is 19.4. The lowest BCUT2D eigenvalue weighted by atomic mass is 9.99. The number of alkyl halides is 3. The number of likely N-dealkylation sites (N-methyl/N-ethyl adjacent to an activating group) is 1. The number of fused-ring (bicyclic) bond motifs is 1. The number of piperidine rings is 1. The van der Waals surface area contributed by atoms with Gasteiger partial charge in [0.05, 0.1) is 24.5 Å². The Labute approximate surface area is 173 Å². The van der Waals surface area contributed by atoms with E-state index in [4.69, 9.17) is 4.74 Å². The Hall–Kier alpha value is -2.39. The monoisotopic (exact) mass is 422 g/mol. The van der Waals surface area contributed by atoms with Gasteiger partial charge in [-0.15, -0.1) is 10.2 Å². The lowest BCUT2D eigenvalue weighted by Crippen LogP contribution is -2.48. The maximum atomic E-state index is 13.0. The highest BCUT2D eigenvalue weighted by Crippen LogP contribution is 2.39. The fraction of sp³-hybridized carbons (Fsp3) is 0.524. The van der Waals surface area contributed by atoms with Crippen LogP contribution in [0.15, 0.2) is 18.2 Å². The first-order valence-electron chi connectivity index (χ1n) is 10.0. The summed E-state index contributed by atoms with van der Waals surface area (Å²) >= 11 is 0. The number of phenolic OH excluding ortho intramolecular Hbond substituents is 1. The van der Waals surface area contributed by atoms with E-state index in [2.05, 4.69) is 27.0 Å². The van der Waals surface area contributed by atoms with Crippen molar-refractivity contribution in [2.24, 2.45) is 0 Å². The molecule has 0 unspecified atom stereocenters. The number of hydrogen-bond acceptors (Lipinski definition) is 6. The maximum absolute atomic E-state index is 13.0. The van der Waals surface area contributed by atoms with Gasteiger partial charge < -0.3 is 19.6 Å². The number of nitrogens with zero attached hydrogens (tertiary/aromatic N) is 4. The zero-order valence-corrected chi connectivity index (χ0v) is 17.0. The fourth-order valence-corrected chi connectivity index (χ4v) is 4.36. The van der Waals surface area contributed by atoms with Gasteiger partial charge in [0.25, 0.3) is 0 Å². The number of anilines is 1. The smallest absolute Gasteiger partial charge is 0.416 e. The summed E-state index contributed by atoms with van der Waals surface area (Å²) in [5, 5.41) is 19.0. The minimum absolute atomic E-state index is 0.256. The molecule has 1 atom stereocenters. The van der Waals surface area contributed by atoms with Gasteiger partial charge in [-0.3, -0.25) is 0 Å². The van der Waals surface area contributed by atoms with Crippen LogP contribution in [-0.2, 0) is 17.5 Å². The van der Waals surface area contributed by atoms with Crippen LogP contribution in [0.1, 0.15) is 29.5 Å². The minimum Gasteiger partial charge on any atom is -0.507 e. The van der Waals surface area contributed by atoms with Crippen LogP contribution in [0.4, 0.5) is 19.0 Å². The number of aromatic nitrogens is 2. The van der Waals surface area contributed by atoms with E-state index < -0.39 is 17.5 Å². The molecule has 1 saturated heterocycles. The lowest BCUT2D eigenvalue weighted by molar-refractivity contribution is -0.137. The van der Waals surface area contributed by atoms with Crippen LogP contribution in [0.25, 0.3) is 11.3 Å². The number of phenols is 1. The third-order valence-corrected chi connectivity index (χ3v) is 5.80. The number of likely N-dealkylation sites (tertiary alicyclic amines) is 1. The van der Waals surface area contributed by atoms with Gasteiger partial charge in [-0.2, -0.15) is 13.2 Å². The van der Waals surface area contributed by atoms with Gasteiger partial charge in [0, 0.05) is 30.3 Å². The molecule has 0 spiro atoms. The van der Waals surface area contributed by atoms with E-state index in [9.17, 15) is 18.3 Å². The summed E-state index contributed by atoms with van der Waals surface area (Å²) in [4.78, 5) is 4.53. The SMILES string of the molecule is Cc1cc(C(F)(F)F)cc(O)c1-c1cc2c(nn1)N([C@@H]1CCCN(C)C1)CCOC2. The molecule has 0 amide bonds. The van der Waals surface area contributed by atoms with Gasteiger partial charge >= 0.3 is 6.18 Å². The number of aryl methyl sites for hydroxylation is 1. The molecule has 0 bridgehead atoms. The van der Waals surface area contributed by atoms with Gasteiger partial charge in [-0.25, -0.2) is 0 Å². The predicted molar refractivity (Wildman–Crippen MR) is 106 cm³/mol. The van der Waals surface area contributed by atoms with Crippen LogP contribution in [0.5, 0.6) is 5.75 Å². The maximum Gasteiger partial charge on any atom is 0.416 e. The molecule has 162 valence electrons. The van der Waals surface area contributed by atoms with Crippen LogP contribution in [-0.4, -0.2) is 59.5 Å². The Morgan fingerprint density at radius 3 is 2.67 bits per heavy atom. The zero-order valence-electron chi connectivity index (χ0n) is 17.0. The molecule has 30 heavy (non-hydrogen) atoms. The topological polar surface area (TPSA) is 61.7 Å². The molecule has 0 radical (unpaired) electrons. The molecule has 2 aromatic rings. The van der Waals surface area contributed by atoms with Gasteiger partial charge in [0.2, 0.25) is 0 Å². The second-order valence-corrected chi connectivity index (χ2v) is 8.07. The molecule has 1 aromatic heterocycles. The van der Waals surface area contributed by atoms with Crippen LogP contribution in [0, 0.1) is 6.92 Å². The van der Waals surface area contributed by atoms with E-state index in [1.807, 2.05) is 0 Å². The van der Waals surface area contributed by atoms with Crippen molar-refractivity contribution in [1.29, 1.82) is 0 Å². The molecule has 2 aliphatic heterocycles. The van der Waals surface area contributed by atoms with Gasteiger partial charge in [-0.1, -0.05) is 0 Å². The second kappa shape index (κ2) is 8.03. The van der Waals surface area contributed by atoms with Crippen LogP contribution < -0.4 is 4.90 Å². The van der Waals surface area contributed by atoms with Gasteiger partial charge in [-0.05, 0) is 57.1 Å². The molecule has 6 nitrogen and oxygen atoms in total. The average Bonchev–Trinajstić information content (AvgIpc) is 2.89. The van der Waals surface area contributed by atoms with Crippen LogP contribution >= 0.6 is 0 Å². The van der Waals surface area contributed by atoms with Crippen LogP contribution in [0.3, 0.4) is 0 Å². The van der Waals surface area contributed by atoms with E-state index >= 15 is 0 Å². The van der Waals surface area contributed by atoms with Crippen LogP contribution in [0.2, 0.25) is 0 Å². The summed E-state index contributed by atoms with van der Waals surface area (Å²) in [6.07, 6.45) is -2.36. The Morgan fingerprint density at radius 1 is 1.17 bits per heavy atom. The molecule has 9 heteroatoms. The molecule has 1 fully saturated rings. The van der Waals surface area contributed by atoms with Gasteiger partial charge in [0.1, 0.15) is 5.75 Å². The normalized spacial score (nSPS) is 20.7. The van der Waals surface area contributed by atoms with Crippen molar-refractivity contribution < 1.29 is 23.0 Å². The molecule has 4 rings (SSSR count). The van der Waals surface area contributed by atoms with Crippen molar-refractivity contribution in [3.8, 4) is 17.0 Å². The molecule has 1 aromatic carbocycles. The number of benzene rings is 1. The largest absolute Gasteiger partial charge is 0.507 e. The predicted octanol–water partition coefficient (Wildman–Crippen LogP) is 3.61. The number of hydrogen-bond donors (Lipinski definition) is 1. The number of aromatic hydroxyl groups is 1. The molecule has 2 aliphatic rings. The summed E-state index contributed by atoms with van der Waals surface area (Å²) in [7, 11) is 2.10. The third-order valence-electron chi connectivity index (χ3n) is 5.80. The minimum atomic E-state index is -4.53. The first-order chi connectivity index (χ1) is 14.2. The molecular weight excluding hydrogens is 397 g/mol. The van der Waals surface area contributed by atoms with Crippen molar-refractivity contribution >= 4 is 5.82 Å². The number of halogens is 3. The van der Waals surface area contributed by atoms with E-state index in [-0.39, 0.29) is 11.1 Å². The molecule has 0 aliphatic carbocycles. The molecule has 1 N–H and O–H groups in total. The van der Waals surface area contributed by atoms with Gasteiger partial charge in [0.15, 0.2) is 5.82 Å². The third kappa shape index (κ3) is 4.09. The average molecular weight is 422 g/mol. The summed E-state index contributed by atoms with van der Waals surface area (Å²) in [6, 6.07) is 3.83. The Balaban J connectivity index is 1.71.